The van der Waals surface area contributed by atoms with Crippen molar-refractivity contribution in [3.63, 3.8) is 0 Å². The van der Waals surface area contributed by atoms with E-state index in [2.05, 4.69) is 9.97 Å². The molecule has 0 bridgehead atoms. The molecule has 0 radical (unpaired) electrons. The van der Waals surface area contributed by atoms with Crippen LogP contribution in [0.4, 0.5) is 5.13 Å². The smallest absolute Gasteiger partial charge is 0.180 e. The van der Waals surface area contributed by atoms with E-state index in [1.807, 2.05) is 25.1 Å². The van der Waals surface area contributed by atoms with E-state index in [9.17, 15) is 0 Å². The number of fused-ring (bicyclic) bond motifs is 1. The van der Waals surface area contributed by atoms with Gasteiger partial charge in [0.2, 0.25) is 0 Å². The van der Waals surface area contributed by atoms with Crippen molar-refractivity contribution in [2.75, 3.05) is 5.73 Å². The Morgan fingerprint density at radius 1 is 1.24 bits per heavy atom. The molecule has 0 aliphatic carbocycles. The molecule has 0 saturated carbocycles. The van der Waals surface area contributed by atoms with Crippen molar-refractivity contribution >= 4 is 49.6 Å². The van der Waals surface area contributed by atoms with Crippen LogP contribution < -0.4 is 5.73 Å². The molecule has 0 fully saturated rings. The topological polar surface area (TPSA) is 51.8 Å². The van der Waals surface area contributed by atoms with Crippen molar-refractivity contribution in [3.8, 4) is 9.88 Å². The molecule has 2 N–H and O–H groups in total. The van der Waals surface area contributed by atoms with Crippen LogP contribution in [0.1, 0.15) is 5.69 Å². The Hall–Kier alpha value is -1.17. The summed E-state index contributed by atoms with van der Waals surface area (Å²) in [6.45, 7) is 1.95. The first kappa shape index (κ1) is 11.0. The first-order valence-corrected chi connectivity index (χ1v) is 6.94. The highest BCUT2D eigenvalue weighted by atomic mass is 35.5. The van der Waals surface area contributed by atoms with Crippen molar-refractivity contribution in [3.05, 3.63) is 28.9 Å². The third-order valence-corrected chi connectivity index (χ3v) is 4.75. The minimum absolute atomic E-state index is 0.579. The molecule has 0 spiro atoms. The molecule has 0 atom stereocenters. The van der Waals surface area contributed by atoms with Gasteiger partial charge in [-0.2, -0.15) is 0 Å². The zero-order chi connectivity index (χ0) is 12.0. The Labute approximate surface area is 111 Å². The SMILES string of the molecule is Cc1nc(N)sc1-c1nc2ccc(Cl)cc2s1. The average molecular weight is 282 g/mol. The predicted octanol–water partition coefficient (Wildman–Crippen LogP) is 3.96. The van der Waals surface area contributed by atoms with Gasteiger partial charge in [-0.05, 0) is 25.1 Å². The molecule has 0 saturated heterocycles. The summed E-state index contributed by atoms with van der Waals surface area (Å²) in [7, 11) is 0. The number of hydrogen-bond acceptors (Lipinski definition) is 5. The molecule has 0 unspecified atom stereocenters. The van der Waals surface area contributed by atoms with E-state index in [1.165, 1.54) is 11.3 Å². The lowest BCUT2D eigenvalue weighted by Crippen LogP contribution is -1.80. The van der Waals surface area contributed by atoms with E-state index in [0.29, 0.717) is 5.13 Å². The zero-order valence-corrected chi connectivity index (χ0v) is 11.3. The summed E-state index contributed by atoms with van der Waals surface area (Å²) < 4.78 is 1.08. The maximum absolute atomic E-state index is 5.96. The Kier molecular flexibility index (Phi) is 2.54. The van der Waals surface area contributed by atoms with Gasteiger partial charge in [0.15, 0.2) is 5.13 Å². The van der Waals surface area contributed by atoms with Crippen molar-refractivity contribution in [1.29, 1.82) is 0 Å². The number of aromatic nitrogens is 2. The second kappa shape index (κ2) is 3.94. The highest BCUT2D eigenvalue weighted by Crippen LogP contribution is 2.37. The summed E-state index contributed by atoms with van der Waals surface area (Å²) in [6, 6.07) is 5.70. The average Bonchev–Trinajstić information content (AvgIpc) is 2.80. The third kappa shape index (κ3) is 1.90. The Balaban J connectivity index is 2.21. The molecule has 0 aliphatic rings. The second-order valence-corrected chi connectivity index (χ2v) is 6.10. The molecule has 6 heteroatoms. The summed E-state index contributed by atoms with van der Waals surface area (Å²) in [5.74, 6) is 0. The van der Waals surface area contributed by atoms with Gasteiger partial charge in [0.05, 0.1) is 20.8 Å². The maximum atomic E-state index is 5.96. The highest BCUT2D eigenvalue weighted by molar-refractivity contribution is 7.26. The summed E-state index contributed by atoms with van der Waals surface area (Å²) in [5.41, 5.74) is 7.59. The lowest BCUT2D eigenvalue weighted by atomic mass is 10.3. The van der Waals surface area contributed by atoms with Crippen LogP contribution >= 0.6 is 34.3 Å². The first-order chi connectivity index (χ1) is 8.13. The molecule has 3 rings (SSSR count). The number of halogens is 1. The fourth-order valence-electron chi connectivity index (χ4n) is 1.61. The summed E-state index contributed by atoms with van der Waals surface area (Å²) in [4.78, 5) is 9.83. The van der Waals surface area contributed by atoms with Crippen molar-refractivity contribution in [2.45, 2.75) is 6.92 Å². The van der Waals surface area contributed by atoms with Crippen molar-refractivity contribution in [1.82, 2.24) is 9.97 Å². The summed E-state index contributed by atoms with van der Waals surface area (Å²) >= 11 is 9.04. The number of hydrogen-bond donors (Lipinski definition) is 1. The minimum atomic E-state index is 0.579. The minimum Gasteiger partial charge on any atom is -0.375 e. The van der Waals surface area contributed by atoms with Crippen LogP contribution in [-0.2, 0) is 0 Å². The number of nitrogens with two attached hydrogens (primary N) is 1. The standard InChI is InChI=1S/C11H8ClN3S2/c1-5-9(17-11(13)14-5)10-15-7-3-2-6(12)4-8(7)16-10/h2-4H,1H3,(H2,13,14). The van der Waals surface area contributed by atoms with E-state index in [1.54, 1.807) is 11.3 Å². The van der Waals surface area contributed by atoms with E-state index >= 15 is 0 Å². The molecule has 3 aromatic rings. The molecular formula is C11H8ClN3S2. The largest absolute Gasteiger partial charge is 0.375 e. The molecule has 0 amide bonds. The predicted molar refractivity (Wildman–Crippen MR) is 74.9 cm³/mol. The third-order valence-electron chi connectivity index (χ3n) is 2.36. The first-order valence-electron chi connectivity index (χ1n) is 4.93. The van der Waals surface area contributed by atoms with Gasteiger partial charge < -0.3 is 5.73 Å². The molecule has 2 aromatic heterocycles. The van der Waals surface area contributed by atoms with Crippen LogP contribution in [0.5, 0.6) is 0 Å². The quantitative estimate of drug-likeness (QED) is 0.734. The van der Waals surface area contributed by atoms with Gasteiger partial charge in [0.25, 0.3) is 0 Å². The van der Waals surface area contributed by atoms with Gasteiger partial charge in [-0.3, -0.25) is 0 Å². The monoisotopic (exact) mass is 281 g/mol. The second-order valence-electron chi connectivity index (χ2n) is 3.60. The van der Waals surface area contributed by atoms with Crippen LogP contribution in [0.3, 0.4) is 0 Å². The molecule has 17 heavy (non-hydrogen) atoms. The van der Waals surface area contributed by atoms with Crippen LogP contribution in [0.15, 0.2) is 18.2 Å². The molecular weight excluding hydrogens is 274 g/mol. The highest BCUT2D eigenvalue weighted by Gasteiger charge is 2.13. The van der Waals surface area contributed by atoms with Crippen molar-refractivity contribution < 1.29 is 0 Å². The number of nitrogen functional groups attached to an aromatic ring is 1. The van der Waals surface area contributed by atoms with Gasteiger partial charge in [0.1, 0.15) is 5.01 Å². The Morgan fingerprint density at radius 3 is 2.76 bits per heavy atom. The summed E-state index contributed by atoms with van der Waals surface area (Å²) in [6.07, 6.45) is 0. The van der Waals surface area contributed by atoms with E-state index < -0.39 is 0 Å². The van der Waals surface area contributed by atoms with E-state index in [-0.39, 0.29) is 0 Å². The molecule has 2 heterocycles. The molecule has 3 nitrogen and oxygen atoms in total. The van der Waals surface area contributed by atoms with E-state index in [4.69, 9.17) is 17.3 Å². The fraction of sp³-hybridized carbons (Fsp3) is 0.0909. The number of rotatable bonds is 1. The zero-order valence-electron chi connectivity index (χ0n) is 8.90. The van der Waals surface area contributed by atoms with Gasteiger partial charge in [-0.1, -0.05) is 22.9 Å². The van der Waals surface area contributed by atoms with Gasteiger partial charge in [-0.15, -0.1) is 11.3 Å². The van der Waals surface area contributed by atoms with Crippen LogP contribution in [0, 0.1) is 6.92 Å². The molecule has 86 valence electrons. The normalized spacial score (nSPS) is 11.2. The lowest BCUT2D eigenvalue weighted by Gasteiger charge is -1.88. The number of anilines is 1. The lowest BCUT2D eigenvalue weighted by molar-refractivity contribution is 1.27. The molecule has 0 aliphatic heterocycles. The van der Waals surface area contributed by atoms with Crippen LogP contribution in [0.2, 0.25) is 5.02 Å². The summed E-state index contributed by atoms with van der Waals surface area (Å²) in [5, 5.41) is 2.26. The number of nitrogens with zero attached hydrogens (tertiary/aromatic N) is 2. The Bertz CT molecular complexity index is 702. The number of aryl methyl sites for hydroxylation is 1. The van der Waals surface area contributed by atoms with Gasteiger partial charge in [-0.25, -0.2) is 9.97 Å². The van der Waals surface area contributed by atoms with Crippen LogP contribution in [-0.4, -0.2) is 9.97 Å². The Morgan fingerprint density at radius 2 is 2.06 bits per heavy atom. The van der Waals surface area contributed by atoms with Gasteiger partial charge >= 0.3 is 0 Å². The molecule has 1 aromatic carbocycles. The number of benzene rings is 1. The van der Waals surface area contributed by atoms with Gasteiger partial charge in [0, 0.05) is 5.02 Å². The van der Waals surface area contributed by atoms with Crippen LogP contribution in [0.25, 0.3) is 20.1 Å². The maximum Gasteiger partial charge on any atom is 0.180 e. The fourth-order valence-corrected chi connectivity index (χ4v) is 3.81. The van der Waals surface area contributed by atoms with E-state index in [0.717, 1.165) is 30.8 Å². The van der Waals surface area contributed by atoms with Crippen molar-refractivity contribution in [2.24, 2.45) is 0 Å². The number of thiazole rings is 2.